The van der Waals surface area contributed by atoms with E-state index in [-0.39, 0.29) is 24.4 Å². The Bertz CT molecular complexity index is 1540. The Hall–Kier alpha value is -3.23. The minimum absolute atomic E-state index is 0. The molecule has 200 valence electrons. The van der Waals surface area contributed by atoms with Crippen molar-refractivity contribution >= 4 is 95.0 Å². The van der Waals surface area contributed by atoms with Gasteiger partial charge in [-0.3, -0.25) is 15.0 Å². The summed E-state index contributed by atoms with van der Waals surface area (Å²) in [5.74, 6) is 2.35. The van der Waals surface area contributed by atoms with Gasteiger partial charge in [0, 0.05) is 34.7 Å². The van der Waals surface area contributed by atoms with Crippen molar-refractivity contribution in [1.29, 1.82) is 0 Å². The smallest absolute Gasteiger partial charge is 0.778 e. The largest absolute Gasteiger partial charge is 3.00 e. The second-order valence-corrected chi connectivity index (χ2v) is 9.42. The Labute approximate surface area is 267 Å². The van der Waals surface area contributed by atoms with Crippen LogP contribution in [-0.4, -0.2) is 60.7 Å². The van der Waals surface area contributed by atoms with Gasteiger partial charge < -0.3 is 52.1 Å². The van der Waals surface area contributed by atoms with Gasteiger partial charge in [0.15, 0.2) is 0 Å². The Morgan fingerprint density at radius 1 is 0.475 bits per heavy atom. The SMILES string of the molecule is COc1cc([S-])c2ncccc2c1.COc1cc([S-])c2ncccc2c1.COc1cc([S-])c2ncccc2c1.[Sb+3]. The number of pyridine rings is 3. The molecule has 0 bridgehead atoms. The molecule has 3 aromatic carbocycles. The Morgan fingerprint density at radius 3 is 1.00 bits per heavy atom. The van der Waals surface area contributed by atoms with E-state index in [1.807, 2.05) is 72.8 Å². The van der Waals surface area contributed by atoms with Crippen molar-refractivity contribution in [3.63, 3.8) is 0 Å². The molecule has 0 aliphatic heterocycles. The first kappa shape index (κ1) is 31.3. The average Bonchev–Trinajstić information content (AvgIpc) is 2.97. The molecule has 0 atom stereocenters. The zero-order valence-corrected chi connectivity index (χ0v) is 26.9. The van der Waals surface area contributed by atoms with E-state index in [4.69, 9.17) is 52.1 Å². The summed E-state index contributed by atoms with van der Waals surface area (Å²) in [5.41, 5.74) is 2.58. The average molecular weight is 693 g/mol. The molecule has 0 saturated heterocycles. The van der Waals surface area contributed by atoms with Crippen molar-refractivity contribution in [2.24, 2.45) is 0 Å². The molecule has 3 aromatic heterocycles. The fourth-order valence-corrected chi connectivity index (χ4v) is 4.61. The van der Waals surface area contributed by atoms with Crippen LogP contribution in [0.1, 0.15) is 0 Å². The van der Waals surface area contributed by atoms with Crippen LogP contribution in [0.4, 0.5) is 0 Å². The van der Waals surface area contributed by atoms with Gasteiger partial charge in [-0.15, -0.1) is 14.7 Å². The van der Waals surface area contributed by atoms with Gasteiger partial charge in [-0.25, -0.2) is 0 Å². The second kappa shape index (κ2) is 15.0. The van der Waals surface area contributed by atoms with Crippen LogP contribution < -0.4 is 14.2 Å². The van der Waals surface area contributed by atoms with E-state index in [0.29, 0.717) is 0 Å². The summed E-state index contributed by atoms with van der Waals surface area (Å²) >= 11 is 15.5. The van der Waals surface area contributed by atoms with Gasteiger partial charge in [0.05, 0.1) is 37.9 Å². The third kappa shape index (κ3) is 7.70. The molecule has 3 heterocycles. The second-order valence-electron chi connectivity index (χ2n) is 8.10. The first-order chi connectivity index (χ1) is 18.9. The van der Waals surface area contributed by atoms with Gasteiger partial charge >= 0.3 is 24.4 Å². The molecular formula is C30H24N3O3S3Sb. The summed E-state index contributed by atoms with van der Waals surface area (Å²) in [6, 6.07) is 22.8. The molecule has 0 saturated carbocycles. The van der Waals surface area contributed by atoms with Crippen molar-refractivity contribution in [2.75, 3.05) is 21.3 Å². The van der Waals surface area contributed by atoms with Crippen molar-refractivity contribution < 1.29 is 14.2 Å². The minimum Gasteiger partial charge on any atom is -0.778 e. The molecule has 6 aromatic rings. The van der Waals surface area contributed by atoms with E-state index in [1.54, 1.807) is 39.9 Å². The van der Waals surface area contributed by atoms with Crippen molar-refractivity contribution in [2.45, 2.75) is 14.7 Å². The molecule has 0 fully saturated rings. The Morgan fingerprint density at radius 2 is 0.750 bits per heavy atom. The maximum absolute atomic E-state index is 5.16. The number of ether oxygens (including phenoxy) is 3. The summed E-state index contributed by atoms with van der Waals surface area (Å²) in [4.78, 5) is 14.8. The van der Waals surface area contributed by atoms with Gasteiger partial charge in [-0.05, 0) is 54.6 Å². The molecule has 6 rings (SSSR count). The number of methoxy groups -OCH3 is 3. The van der Waals surface area contributed by atoms with Gasteiger partial charge in [0.25, 0.3) is 0 Å². The quantitative estimate of drug-likeness (QED) is 0.163. The fraction of sp³-hybridized carbons (Fsp3) is 0.100. The molecule has 10 heteroatoms. The molecule has 0 N–H and O–H groups in total. The summed E-state index contributed by atoms with van der Waals surface area (Å²) in [5, 5.41) is 3.06. The molecule has 40 heavy (non-hydrogen) atoms. The number of nitrogens with zero attached hydrogens (tertiary/aromatic N) is 3. The molecule has 6 nitrogen and oxygen atoms in total. The topological polar surface area (TPSA) is 66.4 Å². The number of rotatable bonds is 3. The normalized spacial score (nSPS) is 9.97. The number of benzene rings is 3. The van der Waals surface area contributed by atoms with Crippen molar-refractivity contribution in [1.82, 2.24) is 15.0 Å². The van der Waals surface area contributed by atoms with E-state index < -0.39 is 0 Å². The predicted octanol–water partition coefficient (Wildman–Crippen LogP) is 6.07. The minimum atomic E-state index is 0. The van der Waals surface area contributed by atoms with Crippen LogP contribution in [0, 0.1) is 0 Å². The van der Waals surface area contributed by atoms with Crippen LogP contribution in [0.25, 0.3) is 32.7 Å². The zero-order valence-electron chi connectivity index (χ0n) is 21.9. The van der Waals surface area contributed by atoms with Crippen molar-refractivity contribution in [3.8, 4) is 17.2 Å². The van der Waals surface area contributed by atoms with Gasteiger partial charge in [-0.1, -0.05) is 18.2 Å². The van der Waals surface area contributed by atoms with E-state index in [0.717, 1.165) is 64.6 Å². The van der Waals surface area contributed by atoms with E-state index in [9.17, 15) is 0 Å². The van der Waals surface area contributed by atoms with Crippen LogP contribution in [0.15, 0.2) is 106 Å². The maximum atomic E-state index is 5.16. The summed E-state index contributed by atoms with van der Waals surface area (Å²) in [6.45, 7) is 0. The van der Waals surface area contributed by atoms with Crippen molar-refractivity contribution in [3.05, 3.63) is 91.4 Å². The summed E-state index contributed by atoms with van der Waals surface area (Å²) in [7, 11) is 4.89. The maximum Gasteiger partial charge on any atom is 3.00 e. The monoisotopic (exact) mass is 691 g/mol. The van der Waals surface area contributed by atoms with Gasteiger partial charge in [0.1, 0.15) is 17.2 Å². The summed E-state index contributed by atoms with van der Waals surface area (Å²) in [6.07, 6.45) is 5.22. The Balaban J connectivity index is 0.000000163. The first-order valence-corrected chi connectivity index (χ1v) is 12.9. The van der Waals surface area contributed by atoms with E-state index >= 15 is 0 Å². The number of fused-ring (bicyclic) bond motifs is 3. The molecule has 0 unspecified atom stereocenters. The van der Waals surface area contributed by atoms with E-state index in [2.05, 4.69) is 15.0 Å². The van der Waals surface area contributed by atoms with Crippen LogP contribution in [0.3, 0.4) is 0 Å². The molecular weight excluding hydrogens is 668 g/mol. The van der Waals surface area contributed by atoms with Crippen LogP contribution in [-0.2, 0) is 37.9 Å². The Kier molecular flexibility index (Phi) is 11.7. The fourth-order valence-electron chi connectivity index (χ4n) is 3.75. The molecule has 2 radical (unpaired) electrons. The third-order valence-electron chi connectivity index (χ3n) is 5.64. The molecule has 0 spiro atoms. The zero-order chi connectivity index (χ0) is 27.8. The predicted molar refractivity (Wildman–Crippen MR) is 168 cm³/mol. The van der Waals surface area contributed by atoms with Crippen LogP contribution >= 0.6 is 0 Å². The van der Waals surface area contributed by atoms with Gasteiger partial charge in [-0.2, -0.15) is 0 Å². The van der Waals surface area contributed by atoms with E-state index in [1.165, 1.54) is 0 Å². The third-order valence-corrected chi connectivity index (χ3v) is 6.57. The molecule has 0 aliphatic carbocycles. The van der Waals surface area contributed by atoms with Gasteiger partial charge in [0.2, 0.25) is 0 Å². The first-order valence-electron chi connectivity index (χ1n) is 11.7. The van der Waals surface area contributed by atoms with Crippen LogP contribution in [0.2, 0.25) is 0 Å². The standard InChI is InChI=1S/3C10H9NOS.Sb/c3*1-12-8-5-7-3-2-4-11-10(7)9(13)6-8;/h3*2-6,13H,1H3;/q;;;+3/p-3. The number of hydrogen-bond acceptors (Lipinski definition) is 9. The van der Waals surface area contributed by atoms with Crippen LogP contribution in [0.5, 0.6) is 17.2 Å². The molecule has 0 amide bonds. The number of aromatic nitrogens is 3. The summed E-state index contributed by atoms with van der Waals surface area (Å²) < 4.78 is 15.3. The number of hydrogen-bond donors (Lipinski definition) is 0. The molecule has 0 aliphatic rings.